The number of fused-ring (bicyclic) bond motifs is 3. The normalized spacial score (nSPS) is 11.1. The zero-order valence-electron chi connectivity index (χ0n) is 8.54. The predicted octanol–water partition coefficient (Wildman–Crippen LogP) is 2.20. The van der Waals surface area contributed by atoms with Gasteiger partial charge >= 0.3 is 0 Å². The van der Waals surface area contributed by atoms with Gasteiger partial charge in [0.05, 0.1) is 5.52 Å². The molecular formula is C10H6ClN5O. The van der Waals surface area contributed by atoms with Gasteiger partial charge in [-0.2, -0.15) is 9.42 Å². The molecule has 0 saturated heterocycles. The maximum absolute atomic E-state index is 10.4. The van der Waals surface area contributed by atoms with Crippen LogP contribution in [-0.2, 0) is 6.54 Å². The molecule has 0 radical (unpaired) electrons. The van der Waals surface area contributed by atoms with Crippen LogP contribution in [0.3, 0.4) is 0 Å². The average molecular weight is 248 g/mol. The molecule has 0 atom stereocenters. The van der Waals surface area contributed by atoms with Crippen LogP contribution in [0.4, 0.5) is 0 Å². The lowest BCUT2D eigenvalue weighted by molar-refractivity contribution is 0.841. The summed E-state index contributed by atoms with van der Waals surface area (Å²) >= 11 is 5.94. The van der Waals surface area contributed by atoms with E-state index in [0.717, 1.165) is 10.9 Å². The van der Waals surface area contributed by atoms with Crippen LogP contribution < -0.4 is 0 Å². The summed E-state index contributed by atoms with van der Waals surface area (Å²) < 4.78 is 1.56. The number of nitrogens with zero attached hydrogens (tertiary/aromatic N) is 5. The fraction of sp³-hybridized carbons (Fsp3) is 0.100. The Labute approximate surface area is 100 Å². The highest BCUT2D eigenvalue weighted by atomic mass is 35.5. The first-order chi connectivity index (χ1) is 8.29. The maximum Gasteiger partial charge on any atom is 0.185 e. The predicted molar refractivity (Wildman–Crippen MR) is 62.8 cm³/mol. The standard InChI is InChI=1S/C10H6ClN5O/c11-8-2-1-6-3-7(5-12-17)10-13-14-15-16(10)9(6)4-8/h1-4H,5H2. The molecule has 2 aromatic heterocycles. The van der Waals surface area contributed by atoms with Crippen molar-refractivity contribution in [1.29, 1.82) is 0 Å². The number of benzene rings is 1. The van der Waals surface area contributed by atoms with Crippen LogP contribution in [0, 0.1) is 4.91 Å². The van der Waals surface area contributed by atoms with Crippen molar-refractivity contribution in [3.8, 4) is 0 Å². The highest BCUT2D eigenvalue weighted by molar-refractivity contribution is 6.31. The van der Waals surface area contributed by atoms with E-state index in [9.17, 15) is 4.91 Å². The van der Waals surface area contributed by atoms with Crippen LogP contribution in [0.1, 0.15) is 5.56 Å². The highest BCUT2D eigenvalue weighted by Gasteiger charge is 2.10. The highest BCUT2D eigenvalue weighted by Crippen LogP contribution is 2.22. The van der Waals surface area contributed by atoms with Gasteiger partial charge < -0.3 is 0 Å². The third-order valence-corrected chi connectivity index (χ3v) is 2.78. The zero-order valence-corrected chi connectivity index (χ0v) is 9.29. The van der Waals surface area contributed by atoms with Gasteiger partial charge in [0, 0.05) is 16.0 Å². The molecular weight excluding hydrogens is 242 g/mol. The zero-order chi connectivity index (χ0) is 11.8. The van der Waals surface area contributed by atoms with Crippen molar-refractivity contribution in [3.05, 3.63) is 39.8 Å². The van der Waals surface area contributed by atoms with Crippen molar-refractivity contribution < 1.29 is 0 Å². The second-order valence-electron chi connectivity index (χ2n) is 3.57. The summed E-state index contributed by atoms with van der Waals surface area (Å²) in [7, 11) is 0. The van der Waals surface area contributed by atoms with Crippen molar-refractivity contribution in [2.24, 2.45) is 5.18 Å². The van der Waals surface area contributed by atoms with Crippen LogP contribution in [0.15, 0.2) is 29.4 Å². The smallest absolute Gasteiger partial charge is 0.185 e. The molecule has 0 aliphatic rings. The van der Waals surface area contributed by atoms with Gasteiger partial charge in [0.25, 0.3) is 0 Å². The first kappa shape index (κ1) is 10.1. The minimum atomic E-state index is 0.0441. The summed E-state index contributed by atoms with van der Waals surface area (Å²) in [5.74, 6) is 0. The molecule has 0 saturated carbocycles. The van der Waals surface area contributed by atoms with Gasteiger partial charge in [0.2, 0.25) is 0 Å². The van der Waals surface area contributed by atoms with E-state index in [0.29, 0.717) is 16.2 Å². The van der Waals surface area contributed by atoms with Gasteiger partial charge in [-0.3, -0.25) is 0 Å². The molecule has 84 valence electrons. The Balaban J connectivity index is 2.46. The third kappa shape index (κ3) is 1.53. The fourth-order valence-corrected chi connectivity index (χ4v) is 1.98. The molecule has 2 heterocycles. The summed E-state index contributed by atoms with van der Waals surface area (Å²) in [6.07, 6.45) is 0. The van der Waals surface area contributed by atoms with Gasteiger partial charge in [-0.15, -0.1) is 5.10 Å². The molecule has 0 N–H and O–H groups in total. The Morgan fingerprint density at radius 3 is 3.06 bits per heavy atom. The van der Waals surface area contributed by atoms with Crippen molar-refractivity contribution in [3.63, 3.8) is 0 Å². The first-order valence-corrected chi connectivity index (χ1v) is 5.26. The van der Waals surface area contributed by atoms with Crippen LogP contribution in [0.25, 0.3) is 16.6 Å². The van der Waals surface area contributed by atoms with Gasteiger partial charge in [-0.25, -0.2) is 0 Å². The van der Waals surface area contributed by atoms with Crippen LogP contribution in [-0.4, -0.2) is 20.0 Å². The summed E-state index contributed by atoms with van der Waals surface area (Å²) in [5, 5.41) is 15.8. The largest absolute Gasteiger partial charge is 0.192 e. The van der Waals surface area contributed by atoms with E-state index < -0.39 is 0 Å². The number of pyridine rings is 1. The van der Waals surface area contributed by atoms with Crippen molar-refractivity contribution >= 4 is 28.2 Å². The quantitative estimate of drug-likeness (QED) is 0.651. The van der Waals surface area contributed by atoms with Crippen molar-refractivity contribution in [1.82, 2.24) is 20.0 Å². The average Bonchev–Trinajstić information content (AvgIpc) is 2.80. The molecule has 1 aromatic carbocycles. The fourth-order valence-electron chi connectivity index (χ4n) is 1.81. The summed E-state index contributed by atoms with van der Waals surface area (Å²) in [6, 6.07) is 7.25. The number of aromatic nitrogens is 4. The van der Waals surface area contributed by atoms with Gasteiger partial charge in [-0.05, 0) is 28.6 Å². The van der Waals surface area contributed by atoms with E-state index in [1.807, 2.05) is 12.1 Å². The topological polar surface area (TPSA) is 72.5 Å². The van der Waals surface area contributed by atoms with Gasteiger partial charge in [-0.1, -0.05) is 22.8 Å². The molecule has 0 fully saturated rings. The number of rotatable bonds is 2. The van der Waals surface area contributed by atoms with Crippen molar-refractivity contribution in [2.45, 2.75) is 6.54 Å². The minimum Gasteiger partial charge on any atom is -0.192 e. The third-order valence-electron chi connectivity index (χ3n) is 2.54. The van der Waals surface area contributed by atoms with E-state index in [1.54, 1.807) is 16.6 Å². The number of hydrogen-bond donors (Lipinski definition) is 0. The lowest BCUT2D eigenvalue weighted by atomic mass is 10.1. The maximum atomic E-state index is 10.4. The van der Waals surface area contributed by atoms with Gasteiger partial charge in [0.15, 0.2) is 5.65 Å². The first-order valence-electron chi connectivity index (χ1n) is 4.88. The molecule has 0 bridgehead atoms. The molecule has 0 aliphatic heterocycles. The molecule has 3 rings (SSSR count). The van der Waals surface area contributed by atoms with Crippen LogP contribution in [0.5, 0.6) is 0 Å². The summed E-state index contributed by atoms with van der Waals surface area (Å²) in [4.78, 5) is 10.4. The Bertz CT molecular complexity index is 723. The van der Waals surface area contributed by atoms with E-state index in [1.165, 1.54) is 0 Å². The molecule has 0 spiro atoms. The Hall–Kier alpha value is -2.08. The van der Waals surface area contributed by atoms with E-state index in [2.05, 4.69) is 20.7 Å². The molecule has 0 amide bonds. The van der Waals surface area contributed by atoms with E-state index in [-0.39, 0.29) is 6.54 Å². The number of hydrogen-bond acceptors (Lipinski definition) is 5. The lowest BCUT2D eigenvalue weighted by Crippen LogP contribution is -1.95. The molecule has 0 aliphatic carbocycles. The van der Waals surface area contributed by atoms with Crippen LogP contribution >= 0.6 is 11.6 Å². The summed E-state index contributed by atoms with van der Waals surface area (Å²) in [6.45, 7) is 0.0441. The second kappa shape index (κ2) is 3.74. The van der Waals surface area contributed by atoms with Crippen molar-refractivity contribution in [2.75, 3.05) is 0 Å². The monoisotopic (exact) mass is 247 g/mol. The Morgan fingerprint density at radius 1 is 1.35 bits per heavy atom. The second-order valence-corrected chi connectivity index (χ2v) is 4.01. The number of halogens is 1. The Morgan fingerprint density at radius 2 is 2.24 bits per heavy atom. The van der Waals surface area contributed by atoms with Crippen LogP contribution in [0.2, 0.25) is 5.02 Å². The summed E-state index contributed by atoms with van der Waals surface area (Å²) in [5.41, 5.74) is 2.02. The molecule has 0 unspecified atom stereocenters. The minimum absolute atomic E-state index is 0.0441. The SMILES string of the molecule is O=NCc1cc2ccc(Cl)cc2n2nnnc12. The molecule has 6 nitrogen and oxygen atoms in total. The molecule has 7 heteroatoms. The lowest BCUT2D eigenvalue weighted by Gasteiger charge is -2.03. The Kier molecular flexibility index (Phi) is 2.22. The van der Waals surface area contributed by atoms with E-state index >= 15 is 0 Å². The molecule has 17 heavy (non-hydrogen) atoms. The van der Waals surface area contributed by atoms with E-state index in [4.69, 9.17) is 11.6 Å². The van der Waals surface area contributed by atoms with Gasteiger partial charge in [0.1, 0.15) is 6.54 Å². The molecule has 3 aromatic rings. The number of nitroso groups, excluding NO2 is 1. The number of tetrazole rings is 1.